The van der Waals surface area contributed by atoms with Crippen LogP contribution in [0.4, 0.5) is 10.1 Å². The molecule has 5 rings (SSSR count). The maximum atomic E-state index is 13.7. The maximum Gasteiger partial charge on any atom is 0.259 e. The number of fused-ring (bicyclic) bond motifs is 2. The first-order valence-electron chi connectivity index (χ1n) is 12.6. The van der Waals surface area contributed by atoms with Crippen LogP contribution in [-0.2, 0) is 23.8 Å². The van der Waals surface area contributed by atoms with E-state index in [4.69, 9.17) is 9.47 Å². The maximum absolute atomic E-state index is 13.7. The van der Waals surface area contributed by atoms with Crippen molar-refractivity contribution in [1.29, 1.82) is 0 Å². The largest absolute Gasteiger partial charge is 0.493 e. The second-order valence-electron chi connectivity index (χ2n) is 9.16. The second kappa shape index (κ2) is 11.7. The lowest BCUT2D eigenvalue weighted by atomic mass is 10.1. The molecule has 1 heterocycles. The SMILES string of the molecule is COc1ccc(CCNC(=O)c2ccc3c(c2)N(Cc2ccc(F)cc2)C(=O)c2ccccc2S3=O)cc1OC. The molecule has 7 nitrogen and oxygen atoms in total. The van der Waals surface area contributed by atoms with E-state index in [1.165, 1.54) is 17.0 Å². The zero-order valence-corrected chi connectivity index (χ0v) is 22.8. The molecule has 1 aliphatic heterocycles. The monoisotopic (exact) mass is 558 g/mol. The van der Waals surface area contributed by atoms with Gasteiger partial charge in [0, 0.05) is 12.1 Å². The Bertz CT molecular complexity index is 1610. The Labute approximate surface area is 234 Å². The van der Waals surface area contributed by atoms with Gasteiger partial charge >= 0.3 is 0 Å². The van der Waals surface area contributed by atoms with Gasteiger partial charge in [-0.15, -0.1) is 0 Å². The number of hydrogen-bond donors (Lipinski definition) is 1. The van der Waals surface area contributed by atoms with Gasteiger partial charge in [0.2, 0.25) is 0 Å². The number of carbonyl (C=O) groups excluding carboxylic acids is 2. The number of nitrogens with one attached hydrogen (secondary N) is 1. The first-order chi connectivity index (χ1) is 19.4. The van der Waals surface area contributed by atoms with Gasteiger partial charge in [-0.3, -0.25) is 9.59 Å². The number of anilines is 1. The first kappa shape index (κ1) is 27.1. The van der Waals surface area contributed by atoms with Crippen LogP contribution in [0.2, 0.25) is 0 Å². The number of carbonyl (C=O) groups is 2. The van der Waals surface area contributed by atoms with Gasteiger partial charge in [-0.1, -0.05) is 30.3 Å². The topological polar surface area (TPSA) is 84.9 Å². The second-order valence-corrected chi connectivity index (χ2v) is 10.6. The molecule has 1 N–H and O–H groups in total. The molecule has 0 bridgehead atoms. The highest BCUT2D eigenvalue weighted by Gasteiger charge is 2.31. The third-order valence-electron chi connectivity index (χ3n) is 6.68. The summed E-state index contributed by atoms with van der Waals surface area (Å²) in [6.07, 6.45) is 0.561. The summed E-state index contributed by atoms with van der Waals surface area (Å²) in [4.78, 5) is 29.2. The summed E-state index contributed by atoms with van der Waals surface area (Å²) in [7, 11) is 1.49. The standard InChI is InChI=1S/C31H27FN2O5S/c1-38-26-13-9-20(17-27(26)39-2)15-16-33-30(35)22-10-14-29-25(18-22)34(19-21-7-11-23(32)12-8-21)31(36)24-5-3-4-6-28(24)40(29)37/h3-14,17-18H,15-16,19H2,1-2H3,(H,33,35). The molecule has 1 aliphatic rings. The number of ether oxygens (including phenoxy) is 2. The van der Waals surface area contributed by atoms with E-state index >= 15 is 0 Å². The van der Waals surface area contributed by atoms with Crippen LogP contribution in [-0.4, -0.2) is 36.8 Å². The van der Waals surface area contributed by atoms with Crippen molar-refractivity contribution in [2.45, 2.75) is 22.8 Å². The molecule has 9 heteroatoms. The Morgan fingerprint density at radius 2 is 1.60 bits per heavy atom. The van der Waals surface area contributed by atoms with Gasteiger partial charge in [0.25, 0.3) is 11.8 Å². The van der Waals surface area contributed by atoms with Gasteiger partial charge in [-0.2, -0.15) is 0 Å². The molecule has 1 unspecified atom stereocenters. The van der Waals surface area contributed by atoms with Crippen LogP contribution in [0.5, 0.6) is 11.5 Å². The lowest BCUT2D eigenvalue weighted by molar-refractivity contribution is 0.0950. The highest BCUT2D eigenvalue weighted by molar-refractivity contribution is 7.85. The predicted molar refractivity (Wildman–Crippen MR) is 150 cm³/mol. The lowest BCUT2D eigenvalue weighted by Gasteiger charge is -2.23. The van der Waals surface area contributed by atoms with Gasteiger partial charge < -0.3 is 19.7 Å². The molecule has 0 fully saturated rings. The van der Waals surface area contributed by atoms with E-state index in [0.717, 1.165) is 5.56 Å². The predicted octanol–water partition coefficient (Wildman–Crippen LogP) is 5.14. The molecule has 2 amide bonds. The van der Waals surface area contributed by atoms with Crippen molar-refractivity contribution in [1.82, 2.24) is 5.32 Å². The van der Waals surface area contributed by atoms with E-state index in [-0.39, 0.29) is 24.2 Å². The number of nitrogens with zero attached hydrogens (tertiary/aromatic N) is 1. The van der Waals surface area contributed by atoms with Crippen LogP contribution in [0, 0.1) is 5.82 Å². The van der Waals surface area contributed by atoms with E-state index in [1.54, 1.807) is 68.8 Å². The molecule has 0 saturated carbocycles. The van der Waals surface area contributed by atoms with E-state index in [0.29, 0.717) is 56.6 Å². The summed E-state index contributed by atoms with van der Waals surface area (Å²) in [6, 6.07) is 23.0. The van der Waals surface area contributed by atoms with Crippen LogP contribution >= 0.6 is 0 Å². The molecule has 0 saturated heterocycles. The van der Waals surface area contributed by atoms with E-state index in [1.807, 2.05) is 18.2 Å². The molecule has 0 aliphatic carbocycles. The highest BCUT2D eigenvalue weighted by Crippen LogP contribution is 2.36. The van der Waals surface area contributed by atoms with Gasteiger partial charge in [0.05, 0.1) is 52.6 Å². The molecule has 0 aromatic heterocycles. The molecule has 40 heavy (non-hydrogen) atoms. The summed E-state index contributed by atoms with van der Waals surface area (Å²) >= 11 is 0. The minimum Gasteiger partial charge on any atom is -0.493 e. The first-order valence-corrected chi connectivity index (χ1v) is 13.7. The molecule has 1 atom stereocenters. The average Bonchev–Trinajstić information content (AvgIpc) is 3.07. The number of hydrogen-bond acceptors (Lipinski definition) is 5. The zero-order chi connectivity index (χ0) is 28.2. The van der Waals surface area contributed by atoms with Crippen LogP contribution in [0.1, 0.15) is 31.8 Å². The fourth-order valence-corrected chi connectivity index (χ4v) is 5.94. The fraction of sp³-hybridized carbons (Fsp3) is 0.161. The Hall–Kier alpha value is -4.50. The van der Waals surface area contributed by atoms with Crippen LogP contribution in [0.25, 0.3) is 0 Å². The number of amides is 2. The van der Waals surface area contributed by atoms with Crippen molar-refractivity contribution in [3.05, 3.63) is 113 Å². The van der Waals surface area contributed by atoms with Crippen molar-refractivity contribution in [2.24, 2.45) is 0 Å². The highest BCUT2D eigenvalue weighted by atomic mass is 32.2. The number of methoxy groups -OCH3 is 2. The van der Waals surface area contributed by atoms with Crippen LogP contribution < -0.4 is 19.7 Å². The zero-order valence-electron chi connectivity index (χ0n) is 22.0. The molecule has 0 spiro atoms. The van der Waals surface area contributed by atoms with Crippen molar-refractivity contribution in [3.63, 3.8) is 0 Å². The minimum absolute atomic E-state index is 0.113. The van der Waals surface area contributed by atoms with E-state index < -0.39 is 10.8 Å². The Kier molecular flexibility index (Phi) is 7.93. The summed E-state index contributed by atoms with van der Waals surface area (Å²) in [5.74, 6) is 0.171. The van der Waals surface area contributed by atoms with Crippen LogP contribution in [0.15, 0.2) is 94.7 Å². The quantitative estimate of drug-likeness (QED) is 0.324. The smallest absolute Gasteiger partial charge is 0.259 e. The summed E-state index contributed by atoms with van der Waals surface area (Å²) in [6.45, 7) is 0.475. The molecular formula is C31H27FN2O5S. The third-order valence-corrected chi connectivity index (χ3v) is 8.18. The third kappa shape index (κ3) is 5.46. The van der Waals surface area contributed by atoms with E-state index in [2.05, 4.69) is 5.32 Å². The molecule has 4 aromatic carbocycles. The molecular weight excluding hydrogens is 531 g/mol. The van der Waals surface area contributed by atoms with Gasteiger partial charge in [-0.25, -0.2) is 8.60 Å². The lowest BCUT2D eigenvalue weighted by Crippen LogP contribution is -2.31. The summed E-state index contributed by atoms with van der Waals surface area (Å²) in [5.41, 5.74) is 2.67. The normalized spacial score (nSPS) is 14.1. The Balaban J connectivity index is 1.42. The fourth-order valence-electron chi connectivity index (χ4n) is 4.59. The summed E-state index contributed by atoms with van der Waals surface area (Å²) in [5, 5.41) is 2.91. The molecule has 204 valence electrons. The number of rotatable bonds is 8. The van der Waals surface area contributed by atoms with Crippen molar-refractivity contribution < 1.29 is 27.7 Å². The average molecular weight is 559 g/mol. The van der Waals surface area contributed by atoms with Gasteiger partial charge in [0.1, 0.15) is 5.82 Å². The molecule has 4 aromatic rings. The van der Waals surface area contributed by atoms with Crippen LogP contribution in [0.3, 0.4) is 0 Å². The van der Waals surface area contributed by atoms with Gasteiger partial charge in [0.15, 0.2) is 11.5 Å². The number of halogens is 1. The molecule has 0 radical (unpaired) electrons. The van der Waals surface area contributed by atoms with E-state index in [9.17, 15) is 18.2 Å². The van der Waals surface area contributed by atoms with Crippen molar-refractivity contribution in [3.8, 4) is 11.5 Å². The van der Waals surface area contributed by atoms with Crippen molar-refractivity contribution >= 4 is 28.3 Å². The summed E-state index contributed by atoms with van der Waals surface area (Å²) < 4.78 is 37.7. The van der Waals surface area contributed by atoms with Crippen molar-refractivity contribution in [2.75, 3.05) is 25.7 Å². The van der Waals surface area contributed by atoms with Gasteiger partial charge in [-0.05, 0) is 72.1 Å². The number of benzene rings is 4. The Morgan fingerprint density at radius 3 is 2.35 bits per heavy atom. The Morgan fingerprint density at radius 1 is 0.875 bits per heavy atom. The minimum atomic E-state index is -1.64.